The van der Waals surface area contributed by atoms with E-state index in [4.69, 9.17) is 23.7 Å². The van der Waals surface area contributed by atoms with Crippen LogP contribution in [0.15, 0.2) is 60.7 Å². The minimum absolute atomic E-state index is 0.182. The first-order chi connectivity index (χ1) is 20.9. The van der Waals surface area contributed by atoms with Gasteiger partial charge in [-0.25, -0.2) is 9.59 Å². The molecule has 1 aliphatic heterocycles. The van der Waals surface area contributed by atoms with Gasteiger partial charge in [0.1, 0.15) is 0 Å². The number of rotatable bonds is 15. The van der Waals surface area contributed by atoms with Crippen LogP contribution in [0.5, 0.6) is 0 Å². The SMILES string of the molecule is C=C(C)COCCCCC[C@H]1CC[C@H](c2ccc(-c3ccc(C4O[C@@H](C(=O)OCC)[C@H](C(=O)OCC)O4)cc3)cc2)CC1. The highest BCUT2D eigenvalue weighted by Gasteiger charge is 2.47. The molecular formula is C36H48O7. The van der Waals surface area contributed by atoms with E-state index < -0.39 is 30.4 Å². The minimum atomic E-state index is -1.16. The Bertz CT molecular complexity index is 1140. The van der Waals surface area contributed by atoms with Gasteiger partial charge in [0.25, 0.3) is 0 Å². The van der Waals surface area contributed by atoms with Crippen LogP contribution in [0.1, 0.15) is 95.5 Å². The van der Waals surface area contributed by atoms with Crippen molar-refractivity contribution in [3.63, 3.8) is 0 Å². The second-order valence-electron chi connectivity index (χ2n) is 11.8. The first-order valence-electron chi connectivity index (χ1n) is 16.0. The van der Waals surface area contributed by atoms with Crippen molar-refractivity contribution in [3.8, 4) is 11.1 Å². The molecule has 0 N–H and O–H groups in total. The highest BCUT2D eigenvalue weighted by molar-refractivity contribution is 5.86. The highest BCUT2D eigenvalue weighted by atomic mass is 16.8. The van der Waals surface area contributed by atoms with E-state index in [2.05, 4.69) is 30.8 Å². The zero-order valence-corrected chi connectivity index (χ0v) is 26.1. The molecule has 2 atom stereocenters. The van der Waals surface area contributed by atoms with Crippen LogP contribution in [-0.4, -0.2) is 50.6 Å². The number of benzene rings is 2. The highest BCUT2D eigenvalue weighted by Crippen LogP contribution is 2.39. The van der Waals surface area contributed by atoms with Gasteiger partial charge in [0, 0.05) is 12.2 Å². The molecule has 1 heterocycles. The Kier molecular flexibility index (Phi) is 12.8. The van der Waals surface area contributed by atoms with E-state index in [0.717, 1.165) is 35.6 Å². The minimum Gasteiger partial charge on any atom is -0.464 e. The summed E-state index contributed by atoms with van der Waals surface area (Å²) in [5.41, 5.74) is 5.45. The summed E-state index contributed by atoms with van der Waals surface area (Å²) in [5, 5.41) is 0. The van der Waals surface area contributed by atoms with Crippen molar-refractivity contribution in [2.45, 2.75) is 96.6 Å². The van der Waals surface area contributed by atoms with Crippen LogP contribution in [0.25, 0.3) is 11.1 Å². The molecule has 234 valence electrons. The van der Waals surface area contributed by atoms with Crippen molar-refractivity contribution in [1.29, 1.82) is 0 Å². The van der Waals surface area contributed by atoms with E-state index in [1.165, 1.54) is 50.5 Å². The molecule has 2 aromatic carbocycles. The molecule has 1 saturated heterocycles. The summed E-state index contributed by atoms with van der Waals surface area (Å²) in [6.07, 6.45) is 7.01. The Labute approximate surface area is 256 Å². The molecule has 43 heavy (non-hydrogen) atoms. The number of ether oxygens (including phenoxy) is 5. The van der Waals surface area contributed by atoms with E-state index in [1.807, 2.05) is 31.2 Å². The lowest BCUT2D eigenvalue weighted by Crippen LogP contribution is -2.39. The van der Waals surface area contributed by atoms with Gasteiger partial charge in [-0.15, -0.1) is 0 Å². The summed E-state index contributed by atoms with van der Waals surface area (Å²) < 4.78 is 27.4. The fraction of sp³-hybridized carbons (Fsp3) is 0.556. The van der Waals surface area contributed by atoms with Crippen LogP contribution in [-0.2, 0) is 33.3 Å². The van der Waals surface area contributed by atoms with Gasteiger partial charge in [-0.1, -0.05) is 79.9 Å². The summed E-state index contributed by atoms with van der Waals surface area (Å²) >= 11 is 0. The van der Waals surface area contributed by atoms with Crippen LogP contribution in [0.3, 0.4) is 0 Å². The van der Waals surface area contributed by atoms with Gasteiger partial charge in [0.15, 0.2) is 18.5 Å². The zero-order valence-electron chi connectivity index (χ0n) is 26.1. The fourth-order valence-corrected chi connectivity index (χ4v) is 6.03. The molecule has 7 heteroatoms. The number of hydrogen-bond donors (Lipinski definition) is 0. The number of unbranched alkanes of at least 4 members (excludes halogenated alkanes) is 2. The maximum Gasteiger partial charge on any atom is 0.338 e. The van der Waals surface area contributed by atoms with Crippen molar-refractivity contribution >= 4 is 11.9 Å². The van der Waals surface area contributed by atoms with Gasteiger partial charge in [-0.3, -0.25) is 0 Å². The molecule has 0 radical (unpaired) electrons. The number of carbonyl (C=O) groups excluding carboxylic acids is 2. The molecule has 0 aromatic heterocycles. The van der Waals surface area contributed by atoms with Crippen LogP contribution in [0.2, 0.25) is 0 Å². The maximum absolute atomic E-state index is 12.4. The largest absolute Gasteiger partial charge is 0.464 e. The normalized spacial score (nSPS) is 22.3. The Morgan fingerprint density at radius 2 is 1.30 bits per heavy atom. The summed E-state index contributed by atoms with van der Waals surface area (Å²) in [6, 6.07) is 16.8. The third-order valence-electron chi connectivity index (χ3n) is 8.35. The van der Waals surface area contributed by atoms with Crippen LogP contribution >= 0.6 is 0 Å². The van der Waals surface area contributed by atoms with E-state index in [9.17, 15) is 9.59 Å². The van der Waals surface area contributed by atoms with Crippen molar-refractivity contribution in [1.82, 2.24) is 0 Å². The van der Waals surface area contributed by atoms with Crippen LogP contribution in [0.4, 0.5) is 0 Å². The molecule has 7 nitrogen and oxygen atoms in total. The average Bonchev–Trinajstić information content (AvgIpc) is 3.47. The van der Waals surface area contributed by atoms with E-state index in [-0.39, 0.29) is 13.2 Å². The summed E-state index contributed by atoms with van der Waals surface area (Å²) in [6.45, 7) is 11.2. The van der Waals surface area contributed by atoms with Gasteiger partial charge < -0.3 is 23.7 Å². The van der Waals surface area contributed by atoms with E-state index in [0.29, 0.717) is 18.1 Å². The predicted molar refractivity (Wildman–Crippen MR) is 166 cm³/mol. The Morgan fingerprint density at radius 1 is 0.767 bits per heavy atom. The Morgan fingerprint density at radius 3 is 1.81 bits per heavy atom. The second-order valence-corrected chi connectivity index (χ2v) is 11.8. The summed E-state index contributed by atoms with van der Waals surface area (Å²) in [4.78, 5) is 24.8. The van der Waals surface area contributed by atoms with Gasteiger partial charge in [-0.05, 0) is 81.4 Å². The molecule has 0 spiro atoms. The molecule has 0 bridgehead atoms. The average molecular weight is 593 g/mol. The molecule has 2 aliphatic rings. The van der Waals surface area contributed by atoms with Gasteiger partial charge in [0.05, 0.1) is 19.8 Å². The molecule has 2 fully saturated rings. The van der Waals surface area contributed by atoms with Crippen LogP contribution < -0.4 is 0 Å². The van der Waals surface area contributed by atoms with Crippen molar-refractivity contribution in [2.24, 2.45) is 5.92 Å². The Balaban J connectivity index is 1.25. The predicted octanol–water partition coefficient (Wildman–Crippen LogP) is 7.69. The van der Waals surface area contributed by atoms with Gasteiger partial charge in [0.2, 0.25) is 0 Å². The topological polar surface area (TPSA) is 80.3 Å². The number of esters is 2. The number of carbonyl (C=O) groups is 2. The standard InChI is InChI=1S/C36H48O7/c1-5-40-34(37)32-33(35(38)41-6-2)43-36(42-32)31-21-19-30(20-22-31)29-17-15-28(16-18-29)27-13-11-26(12-14-27)10-8-7-9-23-39-24-25(3)4/h15-22,26-27,32-33,36H,3,5-14,23-24H2,1-2,4H3/t26-,27-,32-,33-/m1/s1. The molecule has 2 aromatic rings. The fourth-order valence-electron chi connectivity index (χ4n) is 6.03. The lowest BCUT2D eigenvalue weighted by atomic mass is 9.77. The van der Waals surface area contributed by atoms with E-state index in [1.54, 1.807) is 13.8 Å². The molecule has 1 aliphatic carbocycles. The number of hydrogen-bond acceptors (Lipinski definition) is 7. The maximum atomic E-state index is 12.4. The summed E-state index contributed by atoms with van der Waals surface area (Å²) in [7, 11) is 0. The zero-order chi connectivity index (χ0) is 30.6. The summed E-state index contributed by atoms with van der Waals surface area (Å²) in [5.74, 6) is 0.228. The quantitative estimate of drug-likeness (QED) is 0.119. The van der Waals surface area contributed by atoms with Gasteiger partial charge >= 0.3 is 11.9 Å². The first-order valence-corrected chi connectivity index (χ1v) is 16.0. The molecule has 0 amide bonds. The van der Waals surface area contributed by atoms with Crippen molar-refractivity contribution < 1.29 is 33.3 Å². The second kappa shape index (κ2) is 16.7. The van der Waals surface area contributed by atoms with E-state index >= 15 is 0 Å². The van der Waals surface area contributed by atoms with Crippen molar-refractivity contribution in [2.75, 3.05) is 26.4 Å². The smallest absolute Gasteiger partial charge is 0.338 e. The Hall–Kier alpha value is -3.00. The third kappa shape index (κ3) is 9.49. The molecule has 0 unspecified atom stereocenters. The van der Waals surface area contributed by atoms with Gasteiger partial charge in [-0.2, -0.15) is 0 Å². The van der Waals surface area contributed by atoms with Crippen LogP contribution in [0, 0.1) is 5.92 Å². The molecule has 1 saturated carbocycles. The van der Waals surface area contributed by atoms with Crippen molar-refractivity contribution in [3.05, 3.63) is 71.8 Å². The lowest BCUT2D eigenvalue weighted by Gasteiger charge is -2.29. The lowest BCUT2D eigenvalue weighted by molar-refractivity contribution is -0.163. The first kappa shape index (κ1) is 32.9. The molecule has 4 rings (SSSR count). The monoisotopic (exact) mass is 592 g/mol. The molecular weight excluding hydrogens is 544 g/mol. The third-order valence-corrected chi connectivity index (χ3v) is 8.35.